The highest BCUT2D eigenvalue weighted by Gasteiger charge is 2.34. The summed E-state index contributed by atoms with van der Waals surface area (Å²) in [5.41, 5.74) is 3.58. The Morgan fingerprint density at radius 3 is 2.60 bits per heavy atom. The monoisotopic (exact) mass is 490 g/mol. The quantitative estimate of drug-likeness (QED) is 0.439. The van der Waals surface area contributed by atoms with Gasteiger partial charge in [-0.1, -0.05) is 55.7 Å². The first-order chi connectivity index (χ1) is 17.0. The summed E-state index contributed by atoms with van der Waals surface area (Å²) < 4.78 is 0. The van der Waals surface area contributed by atoms with Crippen LogP contribution in [0.15, 0.2) is 60.1 Å². The minimum Gasteiger partial charge on any atom is -0.351 e. The minimum absolute atomic E-state index is 0.104. The first kappa shape index (κ1) is 25.1. The molecule has 1 saturated carbocycles. The Morgan fingerprint density at radius 1 is 1.09 bits per heavy atom. The van der Waals surface area contributed by atoms with Gasteiger partial charge in [-0.05, 0) is 55.5 Å². The zero-order valence-electron chi connectivity index (χ0n) is 20.5. The molecule has 0 spiro atoms. The van der Waals surface area contributed by atoms with Crippen molar-refractivity contribution in [2.45, 2.75) is 64.6 Å². The number of carbonyl (C=O) groups is 2. The van der Waals surface area contributed by atoms with Gasteiger partial charge in [0.1, 0.15) is 11.0 Å². The number of aromatic nitrogens is 1. The third-order valence-electron chi connectivity index (χ3n) is 6.53. The molecule has 1 unspecified atom stereocenters. The molecule has 2 amide bonds. The van der Waals surface area contributed by atoms with Crippen LogP contribution in [0.25, 0.3) is 0 Å². The van der Waals surface area contributed by atoms with Gasteiger partial charge < -0.3 is 10.6 Å². The molecule has 3 aromatic rings. The maximum atomic E-state index is 13.9. The Kier molecular flexibility index (Phi) is 8.66. The van der Waals surface area contributed by atoms with Crippen molar-refractivity contribution in [3.8, 4) is 0 Å². The highest BCUT2D eigenvalue weighted by Crippen LogP contribution is 2.31. The highest BCUT2D eigenvalue weighted by atomic mass is 32.1. The van der Waals surface area contributed by atoms with Gasteiger partial charge in [0.2, 0.25) is 11.8 Å². The van der Waals surface area contributed by atoms with Crippen molar-refractivity contribution in [1.29, 1.82) is 0 Å². The SMILES string of the molecule is Cc1cccc(N(C(=O)CNCc2nccs2)C(C(=O)NC2CCCCC2)c2ccccc2C)c1. The van der Waals surface area contributed by atoms with Gasteiger partial charge in [-0.2, -0.15) is 0 Å². The van der Waals surface area contributed by atoms with E-state index in [9.17, 15) is 9.59 Å². The number of nitrogens with one attached hydrogen (secondary N) is 2. The van der Waals surface area contributed by atoms with E-state index in [0.29, 0.717) is 6.54 Å². The summed E-state index contributed by atoms with van der Waals surface area (Å²) in [5, 5.41) is 9.34. The van der Waals surface area contributed by atoms with E-state index in [4.69, 9.17) is 0 Å². The fourth-order valence-corrected chi connectivity index (χ4v) is 5.32. The van der Waals surface area contributed by atoms with Crippen molar-refractivity contribution in [2.75, 3.05) is 11.4 Å². The smallest absolute Gasteiger partial charge is 0.248 e. The molecule has 1 heterocycles. The number of nitrogens with zero attached hydrogens (tertiary/aromatic N) is 2. The molecule has 1 atom stereocenters. The van der Waals surface area contributed by atoms with Crippen LogP contribution < -0.4 is 15.5 Å². The third kappa shape index (κ3) is 6.55. The Bertz CT molecular complexity index is 1130. The molecule has 0 bridgehead atoms. The number of carbonyl (C=O) groups excluding carboxylic acids is 2. The molecule has 1 aliphatic carbocycles. The Labute approximate surface area is 211 Å². The Balaban J connectivity index is 1.67. The number of hydrogen-bond acceptors (Lipinski definition) is 5. The molecule has 0 aliphatic heterocycles. The molecule has 7 heteroatoms. The molecule has 6 nitrogen and oxygen atoms in total. The van der Waals surface area contributed by atoms with Crippen LogP contribution in [0, 0.1) is 13.8 Å². The molecular weight excluding hydrogens is 456 g/mol. The summed E-state index contributed by atoms with van der Waals surface area (Å²) in [6.45, 7) is 4.61. The molecule has 1 aliphatic rings. The van der Waals surface area contributed by atoms with Gasteiger partial charge in [-0.25, -0.2) is 4.98 Å². The third-order valence-corrected chi connectivity index (χ3v) is 7.31. The predicted octanol–water partition coefficient (Wildman–Crippen LogP) is 5.07. The van der Waals surface area contributed by atoms with Crippen molar-refractivity contribution < 1.29 is 9.59 Å². The summed E-state index contributed by atoms with van der Waals surface area (Å²) >= 11 is 1.55. The van der Waals surface area contributed by atoms with Crippen LogP contribution in [0.2, 0.25) is 0 Å². The molecular formula is C28H34N4O2S. The van der Waals surface area contributed by atoms with E-state index in [1.165, 1.54) is 6.42 Å². The Hall–Kier alpha value is -3.03. The van der Waals surface area contributed by atoms with Gasteiger partial charge in [0.25, 0.3) is 0 Å². The molecule has 2 aromatic carbocycles. The molecule has 1 fully saturated rings. The summed E-state index contributed by atoms with van der Waals surface area (Å²) in [6.07, 6.45) is 7.20. The van der Waals surface area contributed by atoms with Crippen LogP contribution >= 0.6 is 11.3 Å². The normalized spacial score (nSPS) is 14.9. The van der Waals surface area contributed by atoms with Gasteiger partial charge >= 0.3 is 0 Å². The number of rotatable bonds is 9. The fourth-order valence-electron chi connectivity index (χ4n) is 4.73. The van der Waals surface area contributed by atoms with Crippen LogP contribution in [0.1, 0.15) is 59.8 Å². The average Bonchev–Trinajstić information content (AvgIpc) is 3.37. The number of amides is 2. The summed E-state index contributed by atoms with van der Waals surface area (Å²) in [5.74, 6) is -0.278. The largest absolute Gasteiger partial charge is 0.351 e. The van der Waals surface area contributed by atoms with Crippen LogP contribution in [0.5, 0.6) is 0 Å². The van der Waals surface area contributed by atoms with Gasteiger partial charge in [0.05, 0.1) is 6.54 Å². The lowest BCUT2D eigenvalue weighted by Gasteiger charge is -2.34. The fraction of sp³-hybridized carbons (Fsp3) is 0.393. The summed E-state index contributed by atoms with van der Waals surface area (Å²) in [7, 11) is 0. The van der Waals surface area contributed by atoms with E-state index < -0.39 is 6.04 Å². The lowest BCUT2D eigenvalue weighted by atomic mass is 9.93. The predicted molar refractivity (Wildman–Crippen MR) is 141 cm³/mol. The molecule has 2 N–H and O–H groups in total. The second-order valence-corrected chi connectivity index (χ2v) is 10.2. The van der Waals surface area contributed by atoms with E-state index in [-0.39, 0.29) is 24.4 Å². The van der Waals surface area contributed by atoms with Crippen molar-refractivity contribution in [1.82, 2.24) is 15.6 Å². The van der Waals surface area contributed by atoms with Crippen LogP contribution in [-0.4, -0.2) is 29.4 Å². The van der Waals surface area contributed by atoms with Crippen LogP contribution in [-0.2, 0) is 16.1 Å². The molecule has 1 aromatic heterocycles. The maximum Gasteiger partial charge on any atom is 0.248 e. The minimum atomic E-state index is -0.755. The first-order valence-electron chi connectivity index (χ1n) is 12.4. The number of benzene rings is 2. The molecule has 35 heavy (non-hydrogen) atoms. The highest BCUT2D eigenvalue weighted by molar-refractivity contribution is 7.09. The molecule has 184 valence electrons. The zero-order valence-corrected chi connectivity index (χ0v) is 21.3. The average molecular weight is 491 g/mol. The van der Waals surface area contributed by atoms with E-state index in [2.05, 4.69) is 15.6 Å². The molecule has 0 radical (unpaired) electrons. The number of anilines is 1. The number of aryl methyl sites for hydroxylation is 2. The van der Waals surface area contributed by atoms with Gasteiger partial charge in [0.15, 0.2) is 0 Å². The zero-order chi connectivity index (χ0) is 24.6. The topological polar surface area (TPSA) is 74.3 Å². The van der Waals surface area contributed by atoms with Crippen molar-refractivity contribution >= 4 is 28.8 Å². The number of hydrogen-bond donors (Lipinski definition) is 2. The lowest BCUT2D eigenvalue weighted by molar-refractivity contribution is -0.127. The summed E-state index contributed by atoms with van der Waals surface area (Å²) in [6, 6.07) is 15.1. The second-order valence-electron chi connectivity index (χ2n) is 9.23. The maximum absolute atomic E-state index is 13.9. The van der Waals surface area contributed by atoms with E-state index in [1.54, 1.807) is 22.4 Å². The van der Waals surface area contributed by atoms with Gasteiger partial charge in [-0.15, -0.1) is 11.3 Å². The van der Waals surface area contributed by atoms with Gasteiger partial charge in [-0.3, -0.25) is 14.5 Å². The van der Waals surface area contributed by atoms with Gasteiger partial charge in [0, 0.05) is 29.9 Å². The summed E-state index contributed by atoms with van der Waals surface area (Å²) in [4.78, 5) is 33.6. The first-order valence-corrected chi connectivity index (χ1v) is 13.2. The lowest BCUT2D eigenvalue weighted by Crippen LogP contribution is -2.49. The van der Waals surface area contributed by atoms with Crippen molar-refractivity contribution in [3.05, 3.63) is 81.8 Å². The Morgan fingerprint density at radius 2 is 1.89 bits per heavy atom. The molecule has 0 saturated heterocycles. The number of thiazole rings is 1. The van der Waals surface area contributed by atoms with E-state index >= 15 is 0 Å². The van der Waals surface area contributed by atoms with Crippen molar-refractivity contribution in [2.24, 2.45) is 0 Å². The van der Waals surface area contributed by atoms with Crippen LogP contribution in [0.3, 0.4) is 0 Å². The second kappa shape index (κ2) is 12.1. The van der Waals surface area contributed by atoms with E-state index in [1.807, 2.05) is 67.8 Å². The standard InChI is InChI=1S/C28H34N4O2S/c1-20-9-8-13-23(17-20)32(26(33)19-29-18-25-30-15-16-35-25)27(24-14-7-6-10-21(24)2)28(34)31-22-11-4-3-5-12-22/h6-10,13-17,22,27,29H,3-5,11-12,18-19H2,1-2H3,(H,31,34). The van der Waals surface area contributed by atoms with Crippen molar-refractivity contribution in [3.63, 3.8) is 0 Å². The van der Waals surface area contributed by atoms with Crippen LogP contribution in [0.4, 0.5) is 5.69 Å². The molecule has 4 rings (SSSR count). The van der Waals surface area contributed by atoms with E-state index in [0.717, 1.165) is 53.1 Å².